The van der Waals surface area contributed by atoms with E-state index < -0.39 is 17.7 Å². The van der Waals surface area contributed by atoms with Gasteiger partial charge in [0.05, 0.1) is 25.8 Å². The molecule has 1 aliphatic heterocycles. The van der Waals surface area contributed by atoms with Gasteiger partial charge in [0.15, 0.2) is 11.5 Å². The van der Waals surface area contributed by atoms with Crippen molar-refractivity contribution in [2.75, 3.05) is 34.5 Å². The van der Waals surface area contributed by atoms with Crippen molar-refractivity contribution in [1.82, 2.24) is 4.90 Å². The van der Waals surface area contributed by atoms with Gasteiger partial charge in [0.2, 0.25) is 0 Å². The number of phenolic OH excluding ortho intramolecular Hbond substituents is 1. The minimum absolute atomic E-state index is 0.0200. The van der Waals surface area contributed by atoms with E-state index in [0.29, 0.717) is 35.5 Å². The fourth-order valence-electron chi connectivity index (χ4n) is 3.87. The average Bonchev–Trinajstić information content (AvgIpc) is 3.04. The molecule has 1 saturated heterocycles. The lowest BCUT2D eigenvalue weighted by Gasteiger charge is -2.26. The van der Waals surface area contributed by atoms with E-state index in [1.807, 2.05) is 0 Å². The first-order chi connectivity index (χ1) is 15.3. The van der Waals surface area contributed by atoms with Crippen LogP contribution in [0.2, 0.25) is 0 Å². The SMILES string of the molecule is COCCCN1C(=O)C(=O)/C(=C(/O)c2ccc(OC)cc2C)[C@H]1c1ccc(O)c(OC)c1. The number of ether oxygens (including phenoxy) is 3. The fraction of sp³-hybridized carbons (Fsp3) is 0.333. The quantitative estimate of drug-likeness (QED) is 0.281. The minimum atomic E-state index is -0.845. The zero-order chi connectivity index (χ0) is 23.4. The van der Waals surface area contributed by atoms with E-state index in [-0.39, 0.29) is 29.4 Å². The molecule has 0 aliphatic carbocycles. The number of likely N-dealkylation sites (tertiary alicyclic amines) is 1. The Bertz CT molecular complexity index is 1060. The third-order valence-electron chi connectivity index (χ3n) is 5.50. The summed E-state index contributed by atoms with van der Waals surface area (Å²) in [5, 5.41) is 21.2. The molecule has 0 aromatic heterocycles. The number of methoxy groups -OCH3 is 3. The number of benzene rings is 2. The van der Waals surface area contributed by atoms with Gasteiger partial charge in [0.1, 0.15) is 11.5 Å². The van der Waals surface area contributed by atoms with Crippen molar-refractivity contribution in [3.63, 3.8) is 0 Å². The number of nitrogens with zero attached hydrogens (tertiary/aromatic N) is 1. The highest BCUT2D eigenvalue weighted by Gasteiger charge is 2.46. The largest absolute Gasteiger partial charge is 0.507 e. The van der Waals surface area contributed by atoms with Gasteiger partial charge in [-0.2, -0.15) is 0 Å². The van der Waals surface area contributed by atoms with E-state index in [4.69, 9.17) is 14.2 Å². The van der Waals surface area contributed by atoms with Crippen LogP contribution in [0.4, 0.5) is 0 Å². The van der Waals surface area contributed by atoms with Gasteiger partial charge in [0, 0.05) is 25.8 Å². The van der Waals surface area contributed by atoms with Crippen molar-refractivity contribution in [3.8, 4) is 17.2 Å². The zero-order valence-electron chi connectivity index (χ0n) is 18.5. The maximum Gasteiger partial charge on any atom is 0.295 e. The first kappa shape index (κ1) is 23.1. The molecular formula is C24H27NO7. The predicted octanol–water partition coefficient (Wildman–Crippen LogP) is 3.18. The predicted molar refractivity (Wildman–Crippen MR) is 118 cm³/mol. The summed E-state index contributed by atoms with van der Waals surface area (Å²) >= 11 is 0. The molecule has 8 heteroatoms. The highest BCUT2D eigenvalue weighted by atomic mass is 16.5. The van der Waals surface area contributed by atoms with E-state index in [1.165, 1.54) is 25.2 Å². The van der Waals surface area contributed by atoms with E-state index in [1.54, 1.807) is 44.4 Å². The van der Waals surface area contributed by atoms with Gasteiger partial charge in [0.25, 0.3) is 11.7 Å². The molecule has 3 rings (SSSR count). The van der Waals surface area contributed by atoms with Gasteiger partial charge in [-0.05, 0) is 54.8 Å². The molecule has 2 N–H and O–H groups in total. The Kier molecular flexibility index (Phi) is 7.05. The first-order valence-electron chi connectivity index (χ1n) is 10.1. The summed E-state index contributed by atoms with van der Waals surface area (Å²) in [5.74, 6) is -1.00. The van der Waals surface area contributed by atoms with Crippen LogP contribution in [-0.2, 0) is 14.3 Å². The number of carbonyl (C=O) groups is 2. The lowest BCUT2D eigenvalue weighted by Crippen LogP contribution is -2.31. The van der Waals surface area contributed by atoms with Crippen molar-refractivity contribution >= 4 is 17.4 Å². The lowest BCUT2D eigenvalue weighted by molar-refractivity contribution is -0.140. The highest BCUT2D eigenvalue weighted by molar-refractivity contribution is 6.46. The summed E-state index contributed by atoms with van der Waals surface area (Å²) < 4.78 is 15.5. The molecular weight excluding hydrogens is 414 g/mol. The Hall–Kier alpha value is -3.52. The van der Waals surface area contributed by atoms with Crippen LogP contribution in [0.1, 0.15) is 29.2 Å². The Balaban J connectivity index is 2.18. The van der Waals surface area contributed by atoms with Crippen molar-refractivity contribution in [1.29, 1.82) is 0 Å². The average molecular weight is 441 g/mol. The number of hydrogen-bond acceptors (Lipinski definition) is 7. The number of amides is 1. The van der Waals surface area contributed by atoms with Gasteiger partial charge in [-0.25, -0.2) is 0 Å². The minimum Gasteiger partial charge on any atom is -0.507 e. The summed E-state index contributed by atoms with van der Waals surface area (Å²) in [6, 6.07) is 8.81. The molecule has 1 fully saturated rings. The zero-order valence-corrected chi connectivity index (χ0v) is 18.5. The standard InChI is InChI=1S/C24H27NO7/c1-14-12-16(31-3)7-8-17(14)22(27)20-21(15-6-9-18(26)19(13-15)32-4)25(10-5-11-30-2)24(29)23(20)28/h6-9,12-13,21,26-27H,5,10-11H2,1-4H3/b22-20+/t21-/m1/s1. The molecule has 1 aliphatic rings. The maximum absolute atomic E-state index is 13.1. The van der Waals surface area contributed by atoms with Crippen LogP contribution >= 0.6 is 0 Å². The van der Waals surface area contributed by atoms with Gasteiger partial charge in [-0.15, -0.1) is 0 Å². The Morgan fingerprint density at radius 1 is 1.06 bits per heavy atom. The normalized spacial score (nSPS) is 17.6. The molecule has 1 amide bonds. The smallest absolute Gasteiger partial charge is 0.295 e. The molecule has 2 aromatic carbocycles. The molecule has 0 bridgehead atoms. The van der Waals surface area contributed by atoms with Crippen LogP contribution in [0.15, 0.2) is 42.0 Å². The maximum atomic E-state index is 13.1. The van der Waals surface area contributed by atoms with Crippen molar-refractivity contribution in [3.05, 3.63) is 58.7 Å². The topological polar surface area (TPSA) is 106 Å². The number of phenols is 1. The van der Waals surface area contributed by atoms with Gasteiger partial charge in [-0.3, -0.25) is 9.59 Å². The molecule has 0 saturated carbocycles. The Labute approximate surface area is 186 Å². The third-order valence-corrected chi connectivity index (χ3v) is 5.50. The molecule has 170 valence electrons. The van der Waals surface area contributed by atoms with Gasteiger partial charge in [-0.1, -0.05) is 6.07 Å². The highest BCUT2D eigenvalue weighted by Crippen LogP contribution is 2.42. The van der Waals surface area contributed by atoms with E-state index in [9.17, 15) is 19.8 Å². The van der Waals surface area contributed by atoms with Crippen molar-refractivity contribution < 1.29 is 34.0 Å². The summed E-state index contributed by atoms with van der Waals surface area (Å²) in [5.41, 5.74) is 1.63. The summed E-state index contributed by atoms with van der Waals surface area (Å²) in [7, 11) is 4.51. The molecule has 8 nitrogen and oxygen atoms in total. The summed E-state index contributed by atoms with van der Waals surface area (Å²) in [6.07, 6.45) is 0.511. The van der Waals surface area contributed by atoms with Gasteiger partial charge >= 0.3 is 0 Å². The number of ketones is 1. The van der Waals surface area contributed by atoms with Crippen LogP contribution in [0.5, 0.6) is 17.2 Å². The number of hydrogen-bond donors (Lipinski definition) is 2. The number of aromatic hydroxyl groups is 1. The summed E-state index contributed by atoms with van der Waals surface area (Å²) in [4.78, 5) is 27.4. The number of aliphatic hydroxyl groups is 1. The number of Topliss-reactive ketones (excluding diaryl/α,β-unsaturated/α-hetero) is 1. The van der Waals surface area contributed by atoms with Crippen molar-refractivity contribution in [2.45, 2.75) is 19.4 Å². The second kappa shape index (κ2) is 9.74. The molecule has 1 heterocycles. The van der Waals surface area contributed by atoms with Gasteiger partial charge < -0.3 is 29.3 Å². The second-order valence-electron chi connectivity index (χ2n) is 7.45. The molecule has 0 radical (unpaired) electrons. The Morgan fingerprint density at radius 2 is 1.81 bits per heavy atom. The number of aryl methyl sites for hydroxylation is 1. The second-order valence-corrected chi connectivity index (χ2v) is 7.45. The van der Waals surface area contributed by atoms with E-state index in [0.717, 1.165) is 0 Å². The Morgan fingerprint density at radius 3 is 2.44 bits per heavy atom. The molecule has 0 unspecified atom stereocenters. The van der Waals surface area contributed by atoms with Crippen LogP contribution < -0.4 is 9.47 Å². The first-order valence-corrected chi connectivity index (χ1v) is 10.1. The molecule has 0 spiro atoms. The molecule has 1 atom stereocenters. The molecule has 32 heavy (non-hydrogen) atoms. The fourth-order valence-corrected chi connectivity index (χ4v) is 3.87. The number of carbonyl (C=O) groups excluding carboxylic acids is 2. The van der Waals surface area contributed by atoms with Crippen molar-refractivity contribution in [2.24, 2.45) is 0 Å². The number of aliphatic hydroxyl groups excluding tert-OH is 1. The van der Waals surface area contributed by atoms with Crippen LogP contribution in [0.25, 0.3) is 5.76 Å². The number of rotatable bonds is 8. The third kappa shape index (κ3) is 4.27. The molecule has 2 aromatic rings. The monoisotopic (exact) mass is 441 g/mol. The summed E-state index contributed by atoms with van der Waals surface area (Å²) in [6.45, 7) is 2.45. The van der Waals surface area contributed by atoms with E-state index >= 15 is 0 Å². The van der Waals surface area contributed by atoms with Crippen LogP contribution in [0.3, 0.4) is 0 Å². The van der Waals surface area contributed by atoms with E-state index in [2.05, 4.69) is 0 Å². The van der Waals surface area contributed by atoms with Crippen LogP contribution in [0, 0.1) is 6.92 Å². The lowest BCUT2D eigenvalue weighted by atomic mass is 9.93. The van der Waals surface area contributed by atoms with Crippen LogP contribution in [-0.4, -0.2) is 61.3 Å².